The maximum Gasteiger partial charge on any atom is 0.343 e. The number of carbonyl (C=O) groups excluding carboxylic acids is 1. The van der Waals surface area contributed by atoms with Crippen LogP contribution in [0.4, 0.5) is 0 Å². The predicted octanol–water partition coefficient (Wildman–Crippen LogP) is 9.29. The first-order valence-electron chi connectivity index (χ1n) is 14.0. The summed E-state index contributed by atoms with van der Waals surface area (Å²) < 4.78 is 17.2. The topological polar surface area (TPSA) is 44.8 Å². The van der Waals surface area contributed by atoms with Crippen molar-refractivity contribution in [1.82, 2.24) is 0 Å². The van der Waals surface area contributed by atoms with Crippen LogP contribution in [0.25, 0.3) is 11.1 Å². The standard InChI is InChI=1S/C34H42O4/c1-4-6-7-8-9-10-25-36-32-21-23-33(24-22-32)38-34(35)30-15-13-28(14-16-30)29-17-19-31(20-18-29)37-26-11-12-27(3)5-2/h6-7,13-24,27H,4-5,8-12,25-26H2,1-3H3/b7-6-/t27-/m0/s1. The summed E-state index contributed by atoms with van der Waals surface area (Å²) in [4.78, 5) is 12.6. The van der Waals surface area contributed by atoms with Gasteiger partial charge in [0.1, 0.15) is 17.2 Å². The van der Waals surface area contributed by atoms with E-state index in [2.05, 4.69) is 32.9 Å². The van der Waals surface area contributed by atoms with Gasteiger partial charge in [-0.25, -0.2) is 4.79 Å². The number of ether oxygens (including phenoxy) is 3. The maximum atomic E-state index is 12.6. The van der Waals surface area contributed by atoms with Gasteiger partial charge in [0.25, 0.3) is 0 Å². The molecule has 4 heteroatoms. The second-order valence-corrected chi connectivity index (χ2v) is 9.69. The molecule has 0 unspecified atom stereocenters. The monoisotopic (exact) mass is 514 g/mol. The first-order chi connectivity index (χ1) is 18.6. The Labute approximate surface area is 228 Å². The van der Waals surface area contributed by atoms with E-state index in [0.717, 1.165) is 67.3 Å². The molecule has 0 radical (unpaired) electrons. The number of benzene rings is 3. The molecule has 38 heavy (non-hydrogen) atoms. The van der Waals surface area contributed by atoms with Gasteiger partial charge in [-0.2, -0.15) is 0 Å². The largest absolute Gasteiger partial charge is 0.494 e. The third-order valence-corrected chi connectivity index (χ3v) is 6.59. The van der Waals surface area contributed by atoms with Gasteiger partial charge in [-0.15, -0.1) is 0 Å². The highest BCUT2D eigenvalue weighted by Gasteiger charge is 2.10. The average molecular weight is 515 g/mol. The van der Waals surface area contributed by atoms with E-state index in [4.69, 9.17) is 14.2 Å². The molecule has 0 bridgehead atoms. The van der Waals surface area contributed by atoms with Crippen LogP contribution in [0.1, 0.15) is 76.1 Å². The van der Waals surface area contributed by atoms with Crippen molar-refractivity contribution in [2.45, 2.75) is 65.7 Å². The van der Waals surface area contributed by atoms with Crippen LogP contribution in [-0.4, -0.2) is 19.2 Å². The number of hydrogen-bond donors (Lipinski definition) is 0. The van der Waals surface area contributed by atoms with E-state index in [1.54, 1.807) is 24.3 Å². The Morgan fingerprint density at radius 2 is 1.26 bits per heavy atom. The van der Waals surface area contributed by atoms with Crippen LogP contribution in [0.15, 0.2) is 84.9 Å². The van der Waals surface area contributed by atoms with Gasteiger partial charge in [0.15, 0.2) is 0 Å². The molecule has 3 rings (SSSR count). The highest BCUT2D eigenvalue weighted by Crippen LogP contribution is 2.24. The Morgan fingerprint density at radius 1 is 0.711 bits per heavy atom. The van der Waals surface area contributed by atoms with Gasteiger partial charge in [-0.05, 0) is 104 Å². The molecule has 3 aromatic carbocycles. The van der Waals surface area contributed by atoms with Crippen molar-refractivity contribution in [1.29, 1.82) is 0 Å². The van der Waals surface area contributed by atoms with Crippen LogP contribution in [0.2, 0.25) is 0 Å². The minimum atomic E-state index is -0.383. The van der Waals surface area contributed by atoms with Gasteiger partial charge in [0.2, 0.25) is 0 Å². The average Bonchev–Trinajstić information content (AvgIpc) is 2.96. The third-order valence-electron chi connectivity index (χ3n) is 6.59. The Balaban J connectivity index is 1.43. The minimum Gasteiger partial charge on any atom is -0.494 e. The van der Waals surface area contributed by atoms with Crippen LogP contribution < -0.4 is 14.2 Å². The quantitative estimate of drug-likeness (QED) is 0.0827. The summed E-state index contributed by atoms with van der Waals surface area (Å²) in [6.07, 6.45) is 12.2. The molecule has 1 atom stereocenters. The highest BCUT2D eigenvalue weighted by atomic mass is 16.5. The number of allylic oxidation sites excluding steroid dienone is 2. The van der Waals surface area contributed by atoms with E-state index in [0.29, 0.717) is 17.9 Å². The highest BCUT2D eigenvalue weighted by molar-refractivity contribution is 5.91. The van der Waals surface area contributed by atoms with Gasteiger partial charge in [0.05, 0.1) is 18.8 Å². The van der Waals surface area contributed by atoms with Crippen LogP contribution in [-0.2, 0) is 0 Å². The molecule has 0 amide bonds. The fourth-order valence-corrected chi connectivity index (χ4v) is 3.98. The molecule has 0 heterocycles. The zero-order valence-corrected chi connectivity index (χ0v) is 23.2. The summed E-state index contributed by atoms with van der Waals surface area (Å²) in [5, 5.41) is 0. The second-order valence-electron chi connectivity index (χ2n) is 9.69. The van der Waals surface area contributed by atoms with Crippen molar-refractivity contribution in [2.75, 3.05) is 13.2 Å². The summed E-state index contributed by atoms with van der Waals surface area (Å²) in [6.45, 7) is 8.07. The van der Waals surface area contributed by atoms with Crippen molar-refractivity contribution in [3.05, 3.63) is 90.5 Å². The fraction of sp³-hybridized carbons (Fsp3) is 0.382. The second kappa shape index (κ2) is 16.3. The normalized spacial score (nSPS) is 11.9. The lowest BCUT2D eigenvalue weighted by Gasteiger charge is -2.10. The van der Waals surface area contributed by atoms with Crippen molar-refractivity contribution in [2.24, 2.45) is 5.92 Å². The first-order valence-corrected chi connectivity index (χ1v) is 14.0. The Hall–Kier alpha value is -3.53. The van der Waals surface area contributed by atoms with E-state index < -0.39 is 0 Å². The van der Waals surface area contributed by atoms with Crippen LogP contribution in [0.3, 0.4) is 0 Å². The zero-order valence-electron chi connectivity index (χ0n) is 23.2. The summed E-state index contributed by atoms with van der Waals surface area (Å²) >= 11 is 0. The first kappa shape index (κ1) is 29.0. The third kappa shape index (κ3) is 10.1. The Bertz CT molecular complexity index is 1100. The molecule has 0 saturated carbocycles. The van der Waals surface area contributed by atoms with E-state index in [9.17, 15) is 4.79 Å². The lowest BCUT2D eigenvalue weighted by molar-refractivity contribution is 0.0734. The van der Waals surface area contributed by atoms with Gasteiger partial charge >= 0.3 is 5.97 Å². The molecule has 0 fully saturated rings. The molecule has 3 aromatic rings. The number of hydrogen-bond acceptors (Lipinski definition) is 4. The lowest BCUT2D eigenvalue weighted by Crippen LogP contribution is -2.08. The zero-order chi connectivity index (χ0) is 27.0. The molecule has 4 nitrogen and oxygen atoms in total. The van der Waals surface area contributed by atoms with E-state index in [-0.39, 0.29) is 5.97 Å². The summed E-state index contributed by atoms with van der Waals surface area (Å²) in [5.41, 5.74) is 2.62. The molecule has 0 aliphatic carbocycles. The summed E-state index contributed by atoms with van der Waals surface area (Å²) in [5.74, 6) is 2.52. The SMILES string of the molecule is CC/C=C\CCCCOc1ccc(OC(=O)c2ccc(-c3ccc(OCCC[C@@H](C)CC)cc3)cc2)cc1. The van der Waals surface area contributed by atoms with Gasteiger partial charge in [0, 0.05) is 0 Å². The number of rotatable bonds is 16. The number of esters is 1. The van der Waals surface area contributed by atoms with Gasteiger partial charge in [-0.3, -0.25) is 0 Å². The smallest absolute Gasteiger partial charge is 0.343 e. The predicted molar refractivity (Wildman–Crippen MR) is 156 cm³/mol. The van der Waals surface area contributed by atoms with Crippen molar-refractivity contribution >= 4 is 5.97 Å². The van der Waals surface area contributed by atoms with Crippen molar-refractivity contribution in [3.63, 3.8) is 0 Å². The summed E-state index contributed by atoms with van der Waals surface area (Å²) in [7, 11) is 0. The molecule has 0 saturated heterocycles. The fourth-order valence-electron chi connectivity index (χ4n) is 3.98. The molecular weight excluding hydrogens is 472 g/mol. The van der Waals surface area contributed by atoms with E-state index >= 15 is 0 Å². The van der Waals surface area contributed by atoms with Crippen molar-refractivity contribution in [3.8, 4) is 28.4 Å². The molecule has 202 valence electrons. The Morgan fingerprint density at radius 3 is 1.87 bits per heavy atom. The number of carbonyl (C=O) groups is 1. The lowest BCUT2D eigenvalue weighted by atomic mass is 10.0. The van der Waals surface area contributed by atoms with E-state index in [1.807, 2.05) is 48.5 Å². The summed E-state index contributed by atoms with van der Waals surface area (Å²) in [6, 6.07) is 22.8. The number of unbranched alkanes of at least 4 members (excludes halogenated alkanes) is 2. The minimum absolute atomic E-state index is 0.383. The van der Waals surface area contributed by atoms with Crippen LogP contribution in [0.5, 0.6) is 17.2 Å². The van der Waals surface area contributed by atoms with Gasteiger partial charge < -0.3 is 14.2 Å². The van der Waals surface area contributed by atoms with Crippen molar-refractivity contribution < 1.29 is 19.0 Å². The molecule has 0 N–H and O–H groups in total. The molecule has 0 aromatic heterocycles. The van der Waals surface area contributed by atoms with E-state index in [1.165, 1.54) is 12.8 Å². The van der Waals surface area contributed by atoms with Gasteiger partial charge in [-0.1, -0.05) is 63.6 Å². The van der Waals surface area contributed by atoms with Crippen LogP contribution in [0, 0.1) is 5.92 Å². The Kier molecular flexibility index (Phi) is 12.5. The molecule has 0 aliphatic rings. The molecular formula is C34H42O4. The maximum absolute atomic E-state index is 12.6. The van der Waals surface area contributed by atoms with Crippen LogP contribution >= 0.6 is 0 Å². The molecule has 0 aliphatic heterocycles. The molecule has 0 spiro atoms.